The Hall–Kier alpha value is -0.0400. The van der Waals surface area contributed by atoms with Gasteiger partial charge in [-0.3, -0.25) is 4.99 Å². The van der Waals surface area contributed by atoms with E-state index in [2.05, 4.69) is 48.2 Å². The molecule has 0 radical (unpaired) electrons. The van der Waals surface area contributed by atoms with Gasteiger partial charge in [-0.05, 0) is 33.4 Å². The lowest BCUT2D eigenvalue weighted by Crippen LogP contribution is -2.44. The maximum Gasteiger partial charge on any atom is 0.191 e. The van der Waals surface area contributed by atoms with Crippen molar-refractivity contribution in [2.24, 2.45) is 4.99 Å². The summed E-state index contributed by atoms with van der Waals surface area (Å²) in [5, 5.41) is 6.59. The van der Waals surface area contributed by atoms with Gasteiger partial charge in [-0.25, -0.2) is 0 Å². The fraction of sp³-hybridized carbons (Fsp3) is 0.917. The van der Waals surface area contributed by atoms with Crippen molar-refractivity contribution in [3.05, 3.63) is 0 Å². The summed E-state index contributed by atoms with van der Waals surface area (Å²) >= 11 is 0. The van der Waals surface area contributed by atoms with Crippen LogP contribution in [0.5, 0.6) is 0 Å². The van der Waals surface area contributed by atoms with E-state index in [0.717, 1.165) is 25.6 Å². The SMILES string of the molecule is CCCN(CC)CCNC(=NC)NC(C)C.I. The van der Waals surface area contributed by atoms with E-state index in [9.17, 15) is 0 Å². The van der Waals surface area contributed by atoms with E-state index in [1.165, 1.54) is 13.0 Å². The monoisotopic (exact) mass is 356 g/mol. The third-order valence-corrected chi connectivity index (χ3v) is 2.36. The molecule has 2 N–H and O–H groups in total. The van der Waals surface area contributed by atoms with Crippen LogP contribution in [0.25, 0.3) is 0 Å². The lowest BCUT2D eigenvalue weighted by molar-refractivity contribution is 0.293. The highest BCUT2D eigenvalue weighted by Crippen LogP contribution is 1.89. The second kappa shape index (κ2) is 12.4. The second-order valence-electron chi connectivity index (χ2n) is 4.23. The van der Waals surface area contributed by atoms with Crippen molar-refractivity contribution in [2.75, 3.05) is 33.2 Å². The van der Waals surface area contributed by atoms with Crippen LogP contribution in [0, 0.1) is 0 Å². The molecule has 0 aliphatic carbocycles. The minimum atomic E-state index is 0. The number of nitrogens with one attached hydrogen (secondary N) is 2. The van der Waals surface area contributed by atoms with Crippen molar-refractivity contribution in [2.45, 2.75) is 40.2 Å². The molecule has 0 aromatic heterocycles. The standard InChI is InChI=1S/C12H28N4.HI/c1-6-9-16(7-2)10-8-14-12(13-5)15-11(3)4;/h11H,6-10H2,1-5H3,(H2,13,14,15);1H. The first-order valence-electron chi connectivity index (χ1n) is 6.33. The Balaban J connectivity index is 0. The molecule has 4 nitrogen and oxygen atoms in total. The molecule has 0 unspecified atom stereocenters. The zero-order valence-electron chi connectivity index (χ0n) is 11.9. The Morgan fingerprint density at radius 1 is 1.24 bits per heavy atom. The first-order chi connectivity index (χ1) is 7.63. The van der Waals surface area contributed by atoms with Gasteiger partial charge in [0.1, 0.15) is 0 Å². The van der Waals surface area contributed by atoms with Crippen LogP contribution in [0.2, 0.25) is 0 Å². The summed E-state index contributed by atoms with van der Waals surface area (Å²) in [5.41, 5.74) is 0. The van der Waals surface area contributed by atoms with Crippen LogP contribution in [0.1, 0.15) is 34.1 Å². The van der Waals surface area contributed by atoms with Crippen molar-refractivity contribution in [1.29, 1.82) is 0 Å². The summed E-state index contributed by atoms with van der Waals surface area (Å²) in [6.07, 6.45) is 1.22. The predicted molar refractivity (Wildman–Crippen MR) is 87.5 cm³/mol. The van der Waals surface area contributed by atoms with Gasteiger partial charge in [0.15, 0.2) is 5.96 Å². The summed E-state index contributed by atoms with van der Waals surface area (Å²) < 4.78 is 0. The smallest absolute Gasteiger partial charge is 0.191 e. The number of guanidine groups is 1. The van der Waals surface area contributed by atoms with Gasteiger partial charge >= 0.3 is 0 Å². The molecular formula is C12H29IN4. The van der Waals surface area contributed by atoms with Crippen molar-refractivity contribution in [3.63, 3.8) is 0 Å². The molecule has 0 aliphatic rings. The molecule has 0 saturated heterocycles. The number of likely N-dealkylation sites (N-methyl/N-ethyl adjacent to an activating group) is 1. The molecule has 0 rings (SSSR count). The van der Waals surface area contributed by atoms with Crippen molar-refractivity contribution >= 4 is 29.9 Å². The molecule has 0 fully saturated rings. The van der Waals surface area contributed by atoms with Gasteiger partial charge in [0.25, 0.3) is 0 Å². The molecule has 104 valence electrons. The zero-order chi connectivity index (χ0) is 12.4. The average molecular weight is 356 g/mol. The quantitative estimate of drug-likeness (QED) is 0.416. The Kier molecular flexibility index (Phi) is 14.1. The van der Waals surface area contributed by atoms with E-state index in [1.54, 1.807) is 7.05 Å². The van der Waals surface area contributed by atoms with Gasteiger partial charge in [0.2, 0.25) is 0 Å². The topological polar surface area (TPSA) is 39.7 Å². The first kappa shape index (κ1) is 19.3. The molecule has 0 atom stereocenters. The summed E-state index contributed by atoms with van der Waals surface area (Å²) in [4.78, 5) is 6.61. The van der Waals surface area contributed by atoms with Gasteiger partial charge in [-0.15, -0.1) is 24.0 Å². The van der Waals surface area contributed by atoms with Crippen LogP contribution in [0.4, 0.5) is 0 Å². The Morgan fingerprint density at radius 3 is 2.29 bits per heavy atom. The number of hydrogen-bond acceptors (Lipinski definition) is 2. The zero-order valence-corrected chi connectivity index (χ0v) is 14.2. The summed E-state index contributed by atoms with van der Waals surface area (Å²) in [6, 6.07) is 0.420. The number of aliphatic imine (C=N–C) groups is 1. The van der Waals surface area contributed by atoms with Gasteiger partial charge in [0, 0.05) is 26.2 Å². The largest absolute Gasteiger partial charge is 0.355 e. The molecule has 0 spiro atoms. The molecule has 0 aliphatic heterocycles. The van der Waals surface area contributed by atoms with Crippen LogP contribution in [-0.2, 0) is 0 Å². The molecule has 17 heavy (non-hydrogen) atoms. The Bertz CT molecular complexity index is 195. The summed E-state index contributed by atoms with van der Waals surface area (Å²) in [6.45, 7) is 13.0. The lowest BCUT2D eigenvalue weighted by atomic mass is 10.4. The van der Waals surface area contributed by atoms with Crippen LogP contribution >= 0.6 is 24.0 Å². The van der Waals surface area contributed by atoms with E-state index in [0.29, 0.717) is 6.04 Å². The Morgan fingerprint density at radius 2 is 1.88 bits per heavy atom. The summed E-state index contributed by atoms with van der Waals surface area (Å²) in [5.74, 6) is 0.891. The molecular weight excluding hydrogens is 327 g/mol. The van der Waals surface area contributed by atoms with E-state index in [-0.39, 0.29) is 24.0 Å². The molecule has 0 aromatic carbocycles. The van der Waals surface area contributed by atoms with Crippen LogP contribution < -0.4 is 10.6 Å². The average Bonchev–Trinajstić information content (AvgIpc) is 2.25. The fourth-order valence-corrected chi connectivity index (χ4v) is 1.54. The van der Waals surface area contributed by atoms with Crippen molar-refractivity contribution < 1.29 is 0 Å². The highest BCUT2D eigenvalue weighted by atomic mass is 127. The number of nitrogens with zero attached hydrogens (tertiary/aromatic N) is 2. The number of rotatable bonds is 7. The maximum absolute atomic E-state index is 4.17. The Labute approximate surface area is 124 Å². The normalized spacial score (nSPS) is 11.6. The molecule has 0 heterocycles. The van der Waals surface area contributed by atoms with E-state index in [4.69, 9.17) is 0 Å². The predicted octanol–water partition coefficient (Wildman–Crippen LogP) is 1.91. The lowest BCUT2D eigenvalue weighted by Gasteiger charge is -2.21. The molecule has 5 heteroatoms. The van der Waals surface area contributed by atoms with Crippen LogP contribution in [-0.4, -0.2) is 50.1 Å². The molecule has 0 bridgehead atoms. The molecule has 0 aromatic rings. The summed E-state index contributed by atoms with van der Waals surface area (Å²) in [7, 11) is 1.81. The molecule has 0 amide bonds. The minimum Gasteiger partial charge on any atom is -0.355 e. The fourth-order valence-electron chi connectivity index (χ4n) is 1.54. The van der Waals surface area contributed by atoms with Gasteiger partial charge in [-0.1, -0.05) is 13.8 Å². The maximum atomic E-state index is 4.17. The van der Waals surface area contributed by atoms with Gasteiger partial charge < -0.3 is 15.5 Å². The van der Waals surface area contributed by atoms with Gasteiger partial charge in [-0.2, -0.15) is 0 Å². The molecule has 0 saturated carbocycles. The highest BCUT2D eigenvalue weighted by molar-refractivity contribution is 14.0. The number of hydrogen-bond donors (Lipinski definition) is 2. The van der Waals surface area contributed by atoms with Gasteiger partial charge in [0.05, 0.1) is 0 Å². The number of halogens is 1. The van der Waals surface area contributed by atoms with Crippen LogP contribution in [0.15, 0.2) is 4.99 Å². The minimum absolute atomic E-state index is 0. The van der Waals surface area contributed by atoms with Crippen LogP contribution in [0.3, 0.4) is 0 Å². The third-order valence-electron chi connectivity index (χ3n) is 2.36. The van der Waals surface area contributed by atoms with E-state index >= 15 is 0 Å². The van der Waals surface area contributed by atoms with Crippen molar-refractivity contribution in [3.8, 4) is 0 Å². The van der Waals surface area contributed by atoms with E-state index < -0.39 is 0 Å². The second-order valence-corrected chi connectivity index (χ2v) is 4.23. The first-order valence-corrected chi connectivity index (χ1v) is 6.33. The van der Waals surface area contributed by atoms with E-state index in [1.807, 2.05) is 0 Å². The third kappa shape index (κ3) is 10.8. The van der Waals surface area contributed by atoms with Crippen molar-refractivity contribution in [1.82, 2.24) is 15.5 Å². The highest BCUT2D eigenvalue weighted by Gasteiger charge is 2.02.